The van der Waals surface area contributed by atoms with Crippen LogP contribution in [-0.4, -0.2) is 59.1 Å². The number of hydrogen-bond donors (Lipinski definition) is 1. The number of nitrogens with zero attached hydrogens (tertiary/aromatic N) is 1. The topological polar surface area (TPSA) is 93.1 Å². The van der Waals surface area contributed by atoms with E-state index in [4.69, 9.17) is 9.47 Å². The summed E-state index contributed by atoms with van der Waals surface area (Å²) >= 11 is 1.29. The lowest BCUT2D eigenvalue weighted by Gasteiger charge is -2.50. The van der Waals surface area contributed by atoms with Crippen molar-refractivity contribution in [2.24, 2.45) is 0 Å². The van der Waals surface area contributed by atoms with Gasteiger partial charge in [-0.15, -0.1) is 11.8 Å². The maximum atomic E-state index is 11.8. The van der Waals surface area contributed by atoms with Gasteiger partial charge in [0.2, 0.25) is 0 Å². The predicted molar refractivity (Wildman–Crippen MR) is 65.2 cm³/mol. The van der Waals surface area contributed by atoms with Crippen LogP contribution in [0.1, 0.15) is 6.92 Å². The first-order valence-electron chi connectivity index (χ1n) is 5.53. The van der Waals surface area contributed by atoms with Crippen LogP contribution in [-0.2, 0) is 23.9 Å². The Morgan fingerprint density at radius 1 is 1.53 bits per heavy atom. The van der Waals surface area contributed by atoms with Crippen LogP contribution in [0.4, 0.5) is 0 Å². The van der Waals surface area contributed by atoms with E-state index >= 15 is 0 Å². The third kappa shape index (κ3) is 2.33. The molecule has 104 valence electrons. The van der Waals surface area contributed by atoms with E-state index in [0.717, 1.165) is 0 Å². The summed E-state index contributed by atoms with van der Waals surface area (Å²) in [7, 11) is 1.41. The molecule has 2 heterocycles. The molecule has 7 nitrogen and oxygen atoms in total. The van der Waals surface area contributed by atoms with Crippen LogP contribution < -0.4 is 0 Å². The Morgan fingerprint density at radius 3 is 2.74 bits per heavy atom. The van der Waals surface area contributed by atoms with E-state index in [-0.39, 0.29) is 17.9 Å². The second-order valence-corrected chi connectivity index (χ2v) is 5.13. The first-order chi connectivity index (χ1) is 8.97. The Hall–Kier alpha value is -1.54. The minimum absolute atomic E-state index is 0.131. The van der Waals surface area contributed by atoms with E-state index in [1.54, 1.807) is 5.41 Å². The Bertz CT molecular complexity index is 462. The molecule has 0 spiro atoms. The number of thioether (sulfide) groups is 1. The van der Waals surface area contributed by atoms with Crippen molar-refractivity contribution in [3.8, 4) is 0 Å². The van der Waals surface area contributed by atoms with Gasteiger partial charge in [-0.1, -0.05) is 0 Å². The van der Waals surface area contributed by atoms with Crippen molar-refractivity contribution in [2.75, 3.05) is 13.7 Å². The molecule has 1 fully saturated rings. The van der Waals surface area contributed by atoms with Gasteiger partial charge in [0, 0.05) is 19.6 Å². The minimum atomic E-state index is -1.15. The van der Waals surface area contributed by atoms with Crippen molar-refractivity contribution in [2.45, 2.75) is 24.4 Å². The molecule has 0 saturated carbocycles. The molecule has 1 saturated heterocycles. The average Bonchev–Trinajstić information content (AvgIpc) is 2.35. The van der Waals surface area contributed by atoms with Gasteiger partial charge in [0.05, 0.1) is 0 Å². The highest BCUT2D eigenvalue weighted by molar-refractivity contribution is 8.02. The van der Waals surface area contributed by atoms with E-state index in [1.165, 1.54) is 30.7 Å². The Balaban J connectivity index is 2.19. The summed E-state index contributed by atoms with van der Waals surface area (Å²) in [4.78, 5) is 35.2. The smallest absolute Gasteiger partial charge is 0.330 e. The number of amides is 1. The molecule has 0 radical (unpaired) electrons. The first kappa shape index (κ1) is 13.9. The van der Waals surface area contributed by atoms with Gasteiger partial charge in [-0.25, -0.2) is 4.79 Å². The third-order valence-corrected chi connectivity index (χ3v) is 4.14. The van der Waals surface area contributed by atoms with Gasteiger partial charge in [0.1, 0.15) is 12.0 Å². The fourth-order valence-electron chi connectivity index (χ4n) is 2.06. The number of rotatable bonds is 4. The normalized spacial score (nSPS) is 29.2. The number of carbonyl (C=O) groups is 3. The monoisotopic (exact) mass is 287 g/mol. The molecule has 1 N–H and O–H groups in total. The standard InChI is InChI=1S/C11H13NO6S/c1-5(13)18-3-6-4-19-10-8(17-2)9(14)12(10)7(6)11(15)16/h4,7-8,10H,3H2,1-2H3,(H,15,16)/t7?,8?,10-/m1/s1. The average molecular weight is 287 g/mol. The summed E-state index contributed by atoms with van der Waals surface area (Å²) < 4.78 is 9.81. The molecule has 2 aliphatic heterocycles. The summed E-state index contributed by atoms with van der Waals surface area (Å²) in [6.07, 6.45) is -0.613. The van der Waals surface area contributed by atoms with E-state index in [2.05, 4.69) is 0 Å². The van der Waals surface area contributed by atoms with Crippen molar-refractivity contribution >= 4 is 29.6 Å². The lowest BCUT2D eigenvalue weighted by molar-refractivity contribution is -0.172. The number of ether oxygens (including phenoxy) is 2. The van der Waals surface area contributed by atoms with E-state index < -0.39 is 24.1 Å². The first-order valence-corrected chi connectivity index (χ1v) is 6.47. The van der Waals surface area contributed by atoms with Crippen LogP contribution in [0, 0.1) is 0 Å². The molecule has 3 atom stereocenters. The SMILES string of the molecule is COC1C(=O)N2C(C(=O)O)C(COC(C)=O)=CS[C@H]12. The number of β-lactam (4-membered cyclic amide) rings is 1. The zero-order valence-corrected chi connectivity index (χ0v) is 11.2. The predicted octanol–water partition coefficient (Wildman–Crippen LogP) is -0.183. The Morgan fingerprint density at radius 2 is 2.21 bits per heavy atom. The number of esters is 1. The van der Waals surface area contributed by atoms with Crippen molar-refractivity contribution in [1.82, 2.24) is 4.90 Å². The second kappa shape index (κ2) is 5.22. The van der Waals surface area contributed by atoms with Gasteiger partial charge in [-0.2, -0.15) is 0 Å². The quantitative estimate of drug-likeness (QED) is 0.566. The fraction of sp³-hybridized carbons (Fsp3) is 0.545. The zero-order chi connectivity index (χ0) is 14.2. The maximum absolute atomic E-state index is 11.8. The third-order valence-electron chi connectivity index (χ3n) is 2.95. The van der Waals surface area contributed by atoms with Crippen molar-refractivity contribution in [3.63, 3.8) is 0 Å². The lowest BCUT2D eigenvalue weighted by Crippen LogP contribution is -2.70. The molecule has 0 aromatic rings. The van der Waals surface area contributed by atoms with Crippen LogP contribution in [0.15, 0.2) is 11.0 Å². The molecule has 2 aliphatic rings. The van der Waals surface area contributed by atoms with Crippen LogP contribution in [0.5, 0.6) is 0 Å². The number of aliphatic carboxylic acids is 1. The van der Waals surface area contributed by atoms with Crippen molar-refractivity contribution in [1.29, 1.82) is 0 Å². The van der Waals surface area contributed by atoms with Crippen molar-refractivity contribution < 1.29 is 29.0 Å². The van der Waals surface area contributed by atoms with E-state index in [9.17, 15) is 19.5 Å². The molecule has 19 heavy (non-hydrogen) atoms. The molecule has 1 amide bonds. The summed E-state index contributed by atoms with van der Waals surface area (Å²) in [5, 5.41) is 10.5. The number of methoxy groups -OCH3 is 1. The highest BCUT2D eigenvalue weighted by Gasteiger charge is 2.55. The summed E-state index contributed by atoms with van der Waals surface area (Å²) in [5.41, 5.74) is 0.381. The van der Waals surface area contributed by atoms with Gasteiger partial charge in [-0.3, -0.25) is 9.59 Å². The number of carbonyl (C=O) groups excluding carboxylic acids is 2. The summed E-state index contributed by atoms with van der Waals surface area (Å²) in [6.45, 7) is 1.11. The highest BCUT2D eigenvalue weighted by atomic mass is 32.2. The van der Waals surface area contributed by atoms with Gasteiger partial charge in [0.25, 0.3) is 5.91 Å². The second-order valence-electron chi connectivity index (χ2n) is 4.14. The number of fused-ring (bicyclic) bond motifs is 1. The fourth-order valence-corrected chi connectivity index (χ4v) is 3.30. The maximum Gasteiger partial charge on any atom is 0.330 e. The van der Waals surface area contributed by atoms with Crippen molar-refractivity contribution in [3.05, 3.63) is 11.0 Å². The lowest BCUT2D eigenvalue weighted by atomic mass is 10.00. The van der Waals surface area contributed by atoms with Gasteiger partial charge in [-0.05, 0) is 5.41 Å². The van der Waals surface area contributed by atoms with Crippen LogP contribution in [0.25, 0.3) is 0 Å². The molecular formula is C11H13NO6S. The van der Waals surface area contributed by atoms with Crippen LogP contribution in [0.2, 0.25) is 0 Å². The number of carboxylic acid groups (broad SMARTS) is 1. The number of hydrogen-bond acceptors (Lipinski definition) is 6. The van der Waals surface area contributed by atoms with E-state index in [0.29, 0.717) is 5.57 Å². The summed E-state index contributed by atoms with van der Waals surface area (Å²) in [5.74, 6) is -2.01. The molecule has 0 bridgehead atoms. The Labute approximate surface area is 113 Å². The van der Waals surface area contributed by atoms with Gasteiger partial charge in [0.15, 0.2) is 12.1 Å². The Kier molecular flexibility index (Phi) is 3.81. The minimum Gasteiger partial charge on any atom is -0.479 e. The molecule has 0 aliphatic carbocycles. The molecule has 2 unspecified atom stereocenters. The number of carboxylic acids is 1. The zero-order valence-electron chi connectivity index (χ0n) is 10.4. The molecule has 0 aromatic heterocycles. The highest BCUT2D eigenvalue weighted by Crippen LogP contribution is 2.41. The largest absolute Gasteiger partial charge is 0.479 e. The van der Waals surface area contributed by atoms with Gasteiger partial charge >= 0.3 is 11.9 Å². The summed E-state index contributed by atoms with van der Waals surface area (Å²) in [6, 6.07) is -1.09. The molecule has 2 rings (SSSR count). The van der Waals surface area contributed by atoms with Gasteiger partial charge < -0.3 is 19.5 Å². The van der Waals surface area contributed by atoms with E-state index in [1.807, 2.05) is 0 Å². The van der Waals surface area contributed by atoms with Crippen LogP contribution >= 0.6 is 11.8 Å². The van der Waals surface area contributed by atoms with Crippen LogP contribution in [0.3, 0.4) is 0 Å². The molecular weight excluding hydrogens is 274 g/mol. The molecule has 0 aromatic carbocycles. The molecule has 8 heteroatoms.